The van der Waals surface area contributed by atoms with Crippen LogP contribution in [0.1, 0.15) is 20.0 Å². The van der Waals surface area contributed by atoms with E-state index in [9.17, 15) is 15.0 Å². The number of methoxy groups -OCH3 is 1. The van der Waals surface area contributed by atoms with Gasteiger partial charge in [0.1, 0.15) is 24.5 Å². The van der Waals surface area contributed by atoms with Gasteiger partial charge in [-0.25, -0.2) is 9.98 Å². The summed E-state index contributed by atoms with van der Waals surface area (Å²) < 4.78 is 26.1. The summed E-state index contributed by atoms with van der Waals surface area (Å²) in [4.78, 5) is 19.0. The highest BCUT2D eigenvalue weighted by molar-refractivity contribution is 5.98. The molecule has 1 aromatic rings. The Morgan fingerprint density at radius 3 is 2.46 bits per heavy atom. The van der Waals surface area contributed by atoms with E-state index in [-0.39, 0.29) is 38.0 Å². The van der Waals surface area contributed by atoms with Crippen LogP contribution in [0.2, 0.25) is 0 Å². The molecule has 0 aromatic carbocycles. The van der Waals surface area contributed by atoms with E-state index in [0.717, 1.165) is 0 Å². The maximum atomic E-state index is 11.1. The normalized spacial score (nSPS) is 18.1. The standard InChI is InChI=1S/C17H24N2O8.CH4/c1-17(16(21)22)11-27-15(19-17)14-13(20)9-12(10-18-14)26-8-7-25-6-5-24-4-3-23-2;/h9-10,20H,3-8,11H2,1-2H3,(H,21,22);1H4/p-1/t17-;/m1./s1. The van der Waals surface area contributed by atoms with Crippen molar-refractivity contribution in [3.8, 4) is 11.5 Å². The molecular weight excluding hydrogens is 372 g/mol. The smallest absolute Gasteiger partial charge is 0.240 e. The minimum absolute atomic E-state index is 0. The van der Waals surface area contributed by atoms with Crippen LogP contribution >= 0.6 is 0 Å². The van der Waals surface area contributed by atoms with E-state index in [4.69, 9.17) is 23.7 Å². The second-order valence-corrected chi connectivity index (χ2v) is 5.87. The second kappa shape index (κ2) is 11.4. The number of aromatic nitrogens is 1. The Morgan fingerprint density at radius 2 is 1.89 bits per heavy atom. The van der Waals surface area contributed by atoms with Crippen molar-refractivity contribution in [2.24, 2.45) is 4.99 Å². The van der Waals surface area contributed by atoms with Gasteiger partial charge < -0.3 is 38.7 Å². The predicted octanol–water partition coefficient (Wildman–Crippen LogP) is -0.233. The molecule has 1 N–H and O–H groups in total. The fraction of sp³-hybridized carbons (Fsp3) is 0.611. The quantitative estimate of drug-likeness (QED) is 0.473. The van der Waals surface area contributed by atoms with Gasteiger partial charge in [0.15, 0.2) is 11.4 Å². The Bertz CT molecular complexity index is 667. The first-order valence-electron chi connectivity index (χ1n) is 8.37. The Balaban J connectivity index is 0.00000392. The molecule has 158 valence electrons. The van der Waals surface area contributed by atoms with Crippen LogP contribution in [0.3, 0.4) is 0 Å². The van der Waals surface area contributed by atoms with Gasteiger partial charge in [0.05, 0.1) is 45.2 Å². The van der Waals surface area contributed by atoms with Gasteiger partial charge in [0, 0.05) is 13.2 Å². The number of ether oxygens (including phenoxy) is 5. The van der Waals surface area contributed by atoms with Gasteiger partial charge in [0.2, 0.25) is 5.90 Å². The third kappa shape index (κ3) is 6.63. The molecule has 0 fully saturated rings. The number of hydrogen-bond donors (Lipinski definition) is 1. The third-order valence-corrected chi connectivity index (χ3v) is 3.62. The second-order valence-electron chi connectivity index (χ2n) is 5.87. The minimum atomic E-state index is -1.50. The van der Waals surface area contributed by atoms with Gasteiger partial charge in [-0.3, -0.25) is 0 Å². The van der Waals surface area contributed by atoms with Gasteiger partial charge in [-0.2, -0.15) is 0 Å². The van der Waals surface area contributed by atoms with Gasteiger partial charge in [-0.05, 0) is 6.92 Å². The monoisotopic (exact) mass is 399 g/mol. The minimum Gasteiger partial charge on any atom is -0.547 e. The molecule has 0 bridgehead atoms. The van der Waals surface area contributed by atoms with Crippen LogP contribution in [0, 0.1) is 0 Å². The van der Waals surface area contributed by atoms with Crippen molar-refractivity contribution in [3.05, 3.63) is 18.0 Å². The molecule has 2 rings (SSSR count). The van der Waals surface area contributed by atoms with Gasteiger partial charge in [0.25, 0.3) is 0 Å². The highest BCUT2D eigenvalue weighted by Gasteiger charge is 2.35. The lowest BCUT2D eigenvalue weighted by Gasteiger charge is -2.18. The molecule has 1 aromatic heterocycles. The summed E-state index contributed by atoms with van der Waals surface area (Å²) in [5.74, 6) is -1.32. The molecule has 2 heterocycles. The van der Waals surface area contributed by atoms with E-state index in [1.54, 1.807) is 7.11 Å². The highest BCUT2D eigenvalue weighted by Crippen LogP contribution is 2.27. The first kappa shape index (κ1) is 23.6. The number of carbonyl (C=O) groups excluding carboxylic acids is 1. The number of nitrogens with zero attached hydrogens (tertiary/aromatic N) is 2. The van der Waals surface area contributed by atoms with Crippen molar-refractivity contribution in [1.82, 2.24) is 4.98 Å². The average Bonchev–Trinajstić information content (AvgIpc) is 3.04. The molecule has 28 heavy (non-hydrogen) atoms. The third-order valence-electron chi connectivity index (χ3n) is 3.62. The topological polar surface area (TPSA) is 132 Å². The van der Waals surface area contributed by atoms with Crippen LogP contribution in [0.25, 0.3) is 0 Å². The van der Waals surface area contributed by atoms with Crippen LogP contribution in [0.4, 0.5) is 0 Å². The van der Waals surface area contributed by atoms with Gasteiger partial charge in [-0.1, -0.05) is 7.43 Å². The molecule has 1 aliphatic heterocycles. The molecule has 0 saturated carbocycles. The average molecular weight is 399 g/mol. The summed E-state index contributed by atoms with van der Waals surface area (Å²) in [6, 6.07) is 1.34. The molecule has 1 atom stereocenters. The zero-order chi connectivity index (χ0) is 19.7. The molecule has 0 saturated heterocycles. The summed E-state index contributed by atoms with van der Waals surface area (Å²) in [6.07, 6.45) is 1.38. The number of rotatable bonds is 12. The highest BCUT2D eigenvalue weighted by atomic mass is 16.6. The Kier molecular flexibility index (Phi) is 9.63. The Hall–Kier alpha value is -2.43. The van der Waals surface area contributed by atoms with E-state index in [0.29, 0.717) is 38.8 Å². The molecule has 0 unspecified atom stereocenters. The number of carbonyl (C=O) groups is 1. The molecule has 0 aliphatic carbocycles. The van der Waals surface area contributed by atoms with E-state index in [2.05, 4.69) is 9.98 Å². The molecule has 10 heteroatoms. The number of aliphatic carboxylic acids is 1. The summed E-state index contributed by atoms with van der Waals surface area (Å²) in [7, 11) is 1.61. The lowest BCUT2D eigenvalue weighted by Crippen LogP contribution is -2.45. The van der Waals surface area contributed by atoms with Crippen LogP contribution in [-0.2, 0) is 23.7 Å². The van der Waals surface area contributed by atoms with Crippen molar-refractivity contribution in [3.63, 3.8) is 0 Å². The van der Waals surface area contributed by atoms with Crippen LogP contribution in [0.15, 0.2) is 17.3 Å². The largest absolute Gasteiger partial charge is 0.547 e. The Labute approximate surface area is 164 Å². The first-order valence-corrected chi connectivity index (χ1v) is 8.37. The maximum Gasteiger partial charge on any atom is 0.240 e. The van der Waals surface area contributed by atoms with Crippen molar-refractivity contribution in [2.75, 3.05) is 53.4 Å². The fourth-order valence-corrected chi connectivity index (χ4v) is 2.08. The van der Waals surface area contributed by atoms with Crippen LogP contribution in [-0.4, -0.2) is 80.9 Å². The van der Waals surface area contributed by atoms with Crippen LogP contribution in [0.5, 0.6) is 11.5 Å². The lowest BCUT2D eigenvalue weighted by molar-refractivity contribution is -0.312. The molecule has 0 amide bonds. The van der Waals surface area contributed by atoms with Crippen molar-refractivity contribution >= 4 is 11.9 Å². The van der Waals surface area contributed by atoms with Crippen molar-refractivity contribution in [1.29, 1.82) is 0 Å². The molecule has 0 radical (unpaired) electrons. The van der Waals surface area contributed by atoms with E-state index in [1.165, 1.54) is 19.2 Å². The fourth-order valence-electron chi connectivity index (χ4n) is 2.08. The number of hydrogen-bond acceptors (Lipinski definition) is 10. The van der Waals surface area contributed by atoms with E-state index < -0.39 is 11.5 Å². The first-order chi connectivity index (χ1) is 13.0. The number of carboxylic acid groups (broad SMARTS) is 1. The van der Waals surface area contributed by atoms with Gasteiger partial charge >= 0.3 is 0 Å². The van der Waals surface area contributed by atoms with Crippen LogP contribution < -0.4 is 9.84 Å². The predicted molar refractivity (Wildman–Crippen MR) is 97.5 cm³/mol. The number of pyridine rings is 1. The van der Waals surface area contributed by atoms with E-state index >= 15 is 0 Å². The van der Waals surface area contributed by atoms with Crippen molar-refractivity contribution < 1.29 is 38.7 Å². The molecular formula is C18H27N2O8-. The molecule has 1 aliphatic rings. The number of aliphatic imine (C=N–C) groups is 1. The number of carboxylic acids is 1. The zero-order valence-corrected chi connectivity index (χ0v) is 15.3. The summed E-state index contributed by atoms with van der Waals surface area (Å²) >= 11 is 0. The summed E-state index contributed by atoms with van der Waals surface area (Å²) in [5, 5.41) is 21.2. The number of aromatic hydroxyl groups is 1. The van der Waals surface area contributed by atoms with E-state index in [1.807, 2.05) is 0 Å². The summed E-state index contributed by atoms with van der Waals surface area (Å²) in [6.45, 7) is 3.75. The maximum absolute atomic E-state index is 11.1. The zero-order valence-electron chi connectivity index (χ0n) is 15.3. The Morgan fingerprint density at radius 1 is 1.25 bits per heavy atom. The lowest BCUT2D eigenvalue weighted by atomic mass is 10.1. The van der Waals surface area contributed by atoms with Crippen molar-refractivity contribution in [2.45, 2.75) is 19.9 Å². The summed E-state index contributed by atoms with van der Waals surface area (Å²) in [5.41, 5.74) is -1.46. The molecule has 0 spiro atoms. The SMILES string of the molecule is C.COCCOCCOCCOc1cnc(C2=N[C@@](C)(C(=O)[O-])CO2)c(O)c1. The van der Waals surface area contributed by atoms with Gasteiger partial charge in [-0.15, -0.1) is 0 Å². The molecule has 10 nitrogen and oxygen atoms in total.